The number of thioether (sulfide) groups is 1. The van der Waals surface area contributed by atoms with Gasteiger partial charge in [-0.25, -0.2) is 9.97 Å². The second-order valence-electron chi connectivity index (χ2n) is 6.97. The zero-order chi connectivity index (χ0) is 19.8. The number of ketones is 1. The number of carbonyl (C=O) groups excluding carboxylic acids is 2. The lowest BCUT2D eigenvalue weighted by Gasteiger charge is -2.13. The lowest BCUT2D eigenvalue weighted by molar-refractivity contribution is 0.0787. The van der Waals surface area contributed by atoms with Crippen molar-refractivity contribution in [3.05, 3.63) is 54.1 Å². The zero-order valence-corrected chi connectivity index (χ0v) is 16.4. The Kier molecular flexibility index (Phi) is 4.55. The van der Waals surface area contributed by atoms with Crippen LogP contribution in [0.15, 0.2) is 52.3 Å². The van der Waals surface area contributed by atoms with E-state index in [0.29, 0.717) is 21.9 Å². The van der Waals surface area contributed by atoms with E-state index in [4.69, 9.17) is 4.42 Å². The smallest absolute Gasteiger partial charge is 0.270 e. The van der Waals surface area contributed by atoms with Crippen LogP contribution in [0.4, 0.5) is 0 Å². The minimum absolute atomic E-state index is 0.0472. The van der Waals surface area contributed by atoms with Crippen molar-refractivity contribution >= 4 is 45.5 Å². The number of furan rings is 1. The summed E-state index contributed by atoms with van der Waals surface area (Å²) in [5.74, 6) is 0.0711. The molecule has 146 valence electrons. The highest BCUT2D eigenvalue weighted by Gasteiger charge is 2.22. The van der Waals surface area contributed by atoms with Gasteiger partial charge in [0.1, 0.15) is 28.1 Å². The molecule has 1 amide bonds. The summed E-state index contributed by atoms with van der Waals surface area (Å²) in [5, 5.41) is 1.55. The van der Waals surface area contributed by atoms with Gasteiger partial charge in [-0.1, -0.05) is 23.9 Å². The Hall–Kier alpha value is -3.13. The summed E-state index contributed by atoms with van der Waals surface area (Å²) in [7, 11) is 0. The van der Waals surface area contributed by atoms with Gasteiger partial charge in [-0.2, -0.15) is 0 Å². The van der Waals surface area contributed by atoms with Crippen LogP contribution in [0.3, 0.4) is 0 Å². The van der Waals surface area contributed by atoms with Crippen LogP contribution in [-0.4, -0.2) is 50.4 Å². The Bertz CT molecular complexity index is 1220. The Labute approximate surface area is 170 Å². The molecule has 0 unspecified atom stereocenters. The van der Waals surface area contributed by atoms with Gasteiger partial charge in [-0.05, 0) is 31.0 Å². The lowest BCUT2D eigenvalue weighted by atomic mass is 10.2. The molecule has 1 aliphatic rings. The molecule has 1 N–H and O–H groups in total. The normalized spacial score (nSPS) is 14.1. The summed E-state index contributed by atoms with van der Waals surface area (Å²) in [6, 6.07) is 9.31. The molecule has 1 saturated heterocycles. The van der Waals surface area contributed by atoms with E-state index < -0.39 is 0 Å². The molecule has 1 aliphatic heterocycles. The molecule has 8 heteroatoms. The Morgan fingerprint density at radius 1 is 1.17 bits per heavy atom. The maximum atomic E-state index is 12.6. The number of Topliss-reactive ketones (excluding diaryl/α,β-unsaturated/α-hetero) is 1. The van der Waals surface area contributed by atoms with E-state index in [0.717, 1.165) is 42.4 Å². The number of carbonyl (C=O) groups is 2. The van der Waals surface area contributed by atoms with Gasteiger partial charge in [0.05, 0.1) is 5.75 Å². The SMILES string of the molecule is O=C(CSc1ncnc2c1oc1ccccc12)c1c[nH]c(C(=O)N2CCCC2)c1. The van der Waals surface area contributed by atoms with Gasteiger partial charge in [-0.15, -0.1) is 0 Å². The summed E-state index contributed by atoms with van der Waals surface area (Å²) in [6.45, 7) is 1.55. The molecule has 0 spiro atoms. The number of nitrogens with one attached hydrogen (secondary N) is 1. The lowest BCUT2D eigenvalue weighted by Crippen LogP contribution is -2.27. The van der Waals surface area contributed by atoms with Crippen LogP contribution in [0, 0.1) is 0 Å². The molecule has 0 saturated carbocycles. The van der Waals surface area contributed by atoms with Crippen molar-refractivity contribution < 1.29 is 14.0 Å². The first-order chi connectivity index (χ1) is 14.2. The van der Waals surface area contributed by atoms with Gasteiger partial charge in [0.15, 0.2) is 11.4 Å². The van der Waals surface area contributed by atoms with Crippen LogP contribution in [0.25, 0.3) is 22.1 Å². The summed E-state index contributed by atoms with van der Waals surface area (Å²) in [6.07, 6.45) is 5.15. The third-order valence-corrected chi connectivity index (χ3v) is 6.06. The highest BCUT2D eigenvalue weighted by Crippen LogP contribution is 2.32. The predicted molar refractivity (Wildman–Crippen MR) is 110 cm³/mol. The molecule has 4 aromatic rings. The molecule has 1 fully saturated rings. The van der Waals surface area contributed by atoms with E-state index in [1.165, 1.54) is 18.1 Å². The first kappa shape index (κ1) is 17.9. The predicted octanol–water partition coefficient (Wildman–Crippen LogP) is 3.92. The highest BCUT2D eigenvalue weighted by atomic mass is 32.2. The summed E-state index contributed by atoms with van der Waals surface area (Å²) in [5.41, 5.74) is 3.03. The van der Waals surface area contributed by atoms with Gasteiger partial charge in [0.25, 0.3) is 5.91 Å². The number of fused-ring (bicyclic) bond motifs is 3. The minimum atomic E-state index is -0.0744. The first-order valence-corrected chi connectivity index (χ1v) is 10.5. The number of hydrogen-bond donors (Lipinski definition) is 1. The van der Waals surface area contributed by atoms with Gasteiger partial charge in [-0.3, -0.25) is 9.59 Å². The van der Waals surface area contributed by atoms with Crippen LogP contribution in [0.5, 0.6) is 0 Å². The monoisotopic (exact) mass is 406 g/mol. The van der Waals surface area contributed by atoms with E-state index in [-0.39, 0.29) is 17.4 Å². The number of benzene rings is 1. The number of likely N-dealkylation sites (tertiary alicyclic amines) is 1. The maximum absolute atomic E-state index is 12.6. The molecule has 0 bridgehead atoms. The number of hydrogen-bond acceptors (Lipinski definition) is 6. The fourth-order valence-electron chi connectivity index (χ4n) is 3.59. The molecule has 5 rings (SSSR count). The number of aromatic nitrogens is 3. The zero-order valence-electron chi connectivity index (χ0n) is 15.6. The van der Waals surface area contributed by atoms with Crippen molar-refractivity contribution in [2.24, 2.45) is 0 Å². The molecule has 0 radical (unpaired) electrons. The van der Waals surface area contributed by atoms with Gasteiger partial charge < -0.3 is 14.3 Å². The van der Waals surface area contributed by atoms with E-state index >= 15 is 0 Å². The Morgan fingerprint density at radius 3 is 2.86 bits per heavy atom. The van der Waals surface area contributed by atoms with Gasteiger partial charge in [0, 0.05) is 30.2 Å². The fourth-order valence-corrected chi connectivity index (χ4v) is 4.42. The third kappa shape index (κ3) is 3.29. The van der Waals surface area contributed by atoms with Crippen LogP contribution < -0.4 is 0 Å². The Morgan fingerprint density at radius 2 is 2.00 bits per heavy atom. The van der Waals surface area contributed by atoms with E-state index in [9.17, 15) is 9.59 Å². The fraction of sp³-hybridized carbons (Fsp3) is 0.238. The van der Waals surface area contributed by atoms with E-state index in [1.807, 2.05) is 29.2 Å². The minimum Gasteiger partial charge on any atom is -0.451 e. The molecule has 1 aromatic carbocycles. The van der Waals surface area contributed by atoms with Crippen LogP contribution in [-0.2, 0) is 0 Å². The number of rotatable bonds is 5. The van der Waals surface area contributed by atoms with Gasteiger partial charge in [0.2, 0.25) is 0 Å². The maximum Gasteiger partial charge on any atom is 0.270 e. The van der Waals surface area contributed by atoms with Crippen molar-refractivity contribution in [2.45, 2.75) is 17.9 Å². The molecule has 7 nitrogen and oxygen atoms in total. The van der Waals surface area contributed by atoms with Crippen molar-refractivity contribution in [1.82, 2.24) is 19.9 Å². The van der Waals surface area contributed by atoms with Crippen molar-refractivity contribution in [3.63, 3.8) is 0 Å². The van der Waals surface area contributed by atoms with Gasteiger partial charge >= 0.3 is 0 Å². The number of amides is 1. The summed E-state index contributed by atoms with van der Waals surface area (Å²) in [4.78, 5) is 38.5. The second kappa shape index (κ2) is 7.36. The number of aromatic amines is 1. The van der Waals surface area contributed by atoms with Crippen LogP contribution in [0.2, 0.25) is 0 Å². The molecule has 0 aliphatic carbocycles. The molecule has 0 atom stereocenters. The largest absolute Gasteiger partial charge is 0.451 e. The van der Waals surface area contributed by atoms with Crippen LogP contribution in [0.1, 0.15) is 33.7 Å². The standard InChI is InChI=1S/C21H18N4O3S/c26-16(13-9-15(22-10-13)21(27)25-7-3-4-8-25)11-29-20-19-18(23-12-24-20)14-5-1-2-6-17(14)28-19/h1-2,5-6,9-10,12,22H,3-4,7-8,11H2. The van der Waals surface area contributed by atoms with Crippen molar-refractivity contribution in [3.8, 4) is 0 Å². The molecular formula is C21H18N4O3S. The first-order valence-electron chi connectivity index (χ1n) is 9.46. The third-order valence-electron chi connectivity index (χ3n) is 5.09. The number of nitrogens with zero attached hydrogens (tertiary/aromatic N) is 3. The van der Waals surface area contributed by atoms with Crippen LogP contribution >= 0.6 is 11.8 Å². The molecule has 4 heterocycles. The van der Waals surface area contributed by atoms with Crippen molar-refractivity contribution in [1.29, 1.82) is 0 Å². The quantitative estimate of drug-likeness (QED) is 0.307. The highest BCUT2D eigenvalue weighted by molar-refractivity contribution is 8.00. The molecule has 3 aromatic heterocycles. The second-order valence-corrected chi connectivity index (χ2v) is 7.93. The number of para-hydroxylation sites is 1. The average molecular weight is 406 g/mol. The van der Waals surface area contributed by atoms with Crippen molar-refractivity contribution in [2.75, 3.05) is 18.8 Å². The van der Waals surface area contributed by atoms with E-state index in [1.54, 1.807) is 12.3 Å². The van der Waals surface area contributed by atoms with E-state index in [2.05, 4.69) is 15.0 Å². The summed E-state index contributed by atoms with van der Waals surface area (Å²) >= 11 is 1.31. The molecular weight excluding hydrogens is 388 g/mol. The average Bonchev–Trinajstić information content (AvgIpc) is 3.51. The molecule has 29 heavy (non-hydrogen) atoms. The Balaban J connectivity index is 1.33. The summed E-state index contributed by atoms with van der Waals surface area (Å²) < 4.78 is 5.90. The number of H-pyrrole nitrogens is 1. The topological polar surface area (TPSA) is 92.1 Å².